The van der Waals surface area contributed by atoms with Crippen molar-refractivity contribution in [1.29, 1.82) is 0 Å². The van der Waals surface area contributed by atoms with Gasteiger partial charge >= 0.3 is 5.97 Å². The van der Waals surface area contributed by atoms with E-state index in [0.717, 1.165) is 20.9 Å². The Morgan fingerprint density at radius 1 is 1.04 bits per heavy atom. The third-order valence-electron chi connectivity index (χ3n) is 12.6. The number of benzene rings is 1. The van der Waals surface area contributed by atoms with Crippen molar-refractivity contribution >= 4 is 59.4 Å². The van der Waals surface area contributed by atoms with Crippen LogP contribution in [0, 0.1) is 17.8 Å². The largest absolute Gasteiger partial charge is 0.495 e. The second-order valence-corrected chi connectivity index (χ2v) is 18.1. The number of aliphatic hydroxyl groups is 1. The van der Waals surface area contributed by atoms with E-state index in [9.17, 15) is 43.5 Å². The first-order chi connectivity index (χ1) is 32.0. The van der Waals surface area contributed by atoms with Gasteiger partial charge < -0.3 is 55.0 Å². The van der Waals surface area contributed by atoms with Crippen LogP contribution in [-0.4, -0.2) is 160 Å². The number of nitrogens with one attached hydrogen (secondary N) is 4. The number of imide groups is 1. The number of carbonyl (C=O) groups excluding carboxylic acids is 8. The standard InChI is InChI=1S/C47H69ClN6O14/c1-27(2)32-21-41(59)54(44(32)61)18-17-38(56)50-24-40(58)51-25-42(60)53(8)30(5)45(62)67-37(22-39(57)49-7)46(6)43(68-46)29(4)35(65-10)23-47(63,52-26-55)36(66-11)14-12-13-28(3)19-31-15-16-33(48)34(20-31)64-9/h12-16,20,26-27,29-30,32,35-37,43,63H,17-19,21-25H2,1-11H3,(H,49,57)(H,50,56)(H,51,58)(H,52,55)/b14-12+,28-13+. The number of ether oxygens (including phenoxy) is 5. The van der Waals surface area contributed by atoms with Crippen LogP contribution in [0.25, 0.3) is 0 Å². The van der Waals surface area contributed by atoms with Crippen molar-refractivity contribution < 1.29 is 67.1 Å². The van der Waals surface area contributed by atoms with E-state index in [-0.39, 0.29) is 50.0 Å². The Morgan fingerprint density at radius 2 is 1.72 bits per heavy atom. The molecule has 0 aliphatic carbocycles. The normalized spacial score (nSPS) is 21.3. The van der Waals surface area contributed by atoms with E-state index >= 15 is 0 Å². The van der Waals surface area contributed by atoms with Crippen LogP contribution in [0.3, 0.4) is 0 Å². The summed E-state index contributed by atoms with van der Waals surface area (Å²) in [6, 6.07) is 4.31. The summed E-state index contributed by atoms with van der Waals surface area (Å²) in [7, 11) is 7.10. The number of likely N-dealkylation sites (N-methyl/N-ethyl adjacent to an activating group) is 1. The average molecular weight is 978 g/mol. The Kier molecular flexibility index (Phi) is 21.6. The summed E-state index contributed by atoms with van der Waals surface area (Å²) in [6.45, 7) is 9.35. The van der Waals surface area contributed by atoms with E-state index in [1.54, 1.807) is 39.2 Å². The highest BCUT2D eigenvalue weighted by atomic mass is 35.5. The highest BCUT2D eigenvalue weighted by Crippen LogP contribution is 2.48. The van der Waals surface area contributed by atoms with Crippen LogP contribution >= 0.6 is 11.6 Å². The molecular formula is C47H69ClN6O14. The molecule has 1 aromatic rings. The maximum atomic E-state index is 13.6. The highest BCUT2D eigenvalue weighted by molar-refractivity contribution is 6.32. The van der Waals surface area contributed by atoms with Crippen LogP contribution in [0.2, 0.25) is 5.02 Å². The molecule has 1 aromatic carbocycles. The lowest BCUT2D eigenvalue weighted by atomic mass is 9.84. The number of likely N-dealkylation sites (tertiary alicyclic amines) is 1. The van der Waals surface area contributed by atoms with Gasteiger partial charge in [0.05, 0.1) is 43.9 Å². The van der Waals surface area contributed by atoms with Crippen molar-refractivity contribution in [3.05, 3.63) is 52.6 Å². The smallest absolute Gasteiger partial charge is 0.328 e. The number of esters is 1. The minimum Gasteiger partial charge on any atom is -0.495 e. The molecule has 3 rings (SSSR count). The van der Waals surface area contributed by atoms with Crippen LogP contribution in [-0.2, 0) is 63.7 Å². The molecule has 21 heteroatoms. The lowest BCUT2D eigenvalue weighted by molar-refractivity contribution is -0.162. The van der Waals surface area contributed by atoms with Gasteiger partial charge in [0.15, 0.2) is 5.72 Å². The maximum absolute atomic E-state index is 13.6. The minimum absolute atomic E-state index is 0.0207. The first-order valence-electron chi connectivity index (χ1n) is 22.4. The first kappa shape index (κ1) is 56.9. The van der Waals surface area contributed by atoms with Gasteiger partial charge in [-0.3, -0.25) is 38.5 Å². The van der Waals surface area contributed by atoms with Gasteiger partial charge in [0.2, 0.25) is 41.9 Å². The topological polar surface area (TPSA) is 261 Å². The number of hydrogen-bond acceptors (Lipinski definition) is 14. The third-order valence-corrected chi connectivity index (χ3v) is 12.9. The van der Waals surface area contributed by atoms with E-state index in [2.05, 4.69) is 21.3 Å². The van der Waals surface area contributed by atoms with E-state index in [0.29, 0.717) is 23.6 Å². The number of epoxide rings is 1. The second kappa shape index (κ2) is 25.8. The Hall–Kier alpha value is -5.41. The summed E-state index contributed by atoms with van der Waals surface area (Å²) in [5.74, 6) is -4.37. The molecule has 2 saturated heterocycles. The fourth-order valence-electron chi connectivity index (χ4n) is 7.97. The Bertz CT molecular complexity index is 2050. The van der Waals surface area contributed by atoms with Crippen molar-refractivity contribution in [2.24, 2.45) is 17.8 Å². The molecule has 0 aromatic heterocycles. The van der Waals surface area contributed by atoms with Crippen molar-refractivity contribution in [3.8, 4) is 5.75 Å². The fraction of sp³-hybridized carbons (Fsp3) is 0.617. The summed E-state index contributed by atoms with van der Waals surface area (Å²) >= 11 is 6.17. The van der Waals surface area contributed by atoms with Gasteiger partial charge in [-0.05, 0) is 50.8 Å². The predicted molar refractivity (Wildman–Crippen MR) is 249 cm³/mol. The molecule has 7 amide bonds. The Morgan fingerprint density at radius 3 is 2.31 bits per heavy atom. The Balaban J connectivity index is 1.61. The fourth-order valence-corrected chi connectivity index (χ4v) is 8.17. The van der Waals surface area contributed by atoms with Crippen molar-refractivity contribution in [3.63, 3.8) is 0 Å². The zero-order chi connectivity index (χ0) is 51.1. The summed E-state index contributed by atoms with van der Waals surface area (Å²) in [5.41, 5.74) is -1.26. The molecule has 0 spiro atoms. The lowest BCUT2D eigenvalue weighted by Crippen LogP contribution is -2.57. The van der Waals surface area contributed by atoms with Crippen molar-refractivity contribution in [1.82, 2.24) is 31.1 Å². The summed E-state index contributed by atoms with van der Waals surface area (Å²) in [6.07, 6.45) is 1.84. The summed E-state index contributed by atoms with van der Waals surface area (Å²) in [4.78, 5) is 103. The van der Waals surface area contributed by atoms with Gasteiger partial charge in [0.25, 0.3) is 0 Å². The molecule has 68 heavy (non-hydrogen) atoms. The van der Waals surface area contributed by atoms with E-state index in [4.69, 9.17) is 35.3 Å². The summed E-state index contributed by atoms with van der Waals surface area (Å²) < 4.78 is 28.8. The monoisotopic (exact) mass is 976 g/mol. The zero-order valence-corrected chi connectivity index (χ0v) is 41.6. The second-order valence-electron chi connectivity index (χ2n) is 17.7. The molecule has 9 atom stereocenters. The highest BCUT2D eigenvalue weighted by Gasteiger charge is 2.63. The molecular weight excluding hydrogens is 908 g/mol. The summed E-state index contributed by atoms with van der Waals surface area (Å²) in [5, 5.41) is 22.2. The Labute approximate surface area is 403 Å². The van der Waals surface area contributed by atoms with Crippen molar-refractivity contribution in [2.75, 3.05) is 55.1 Å². The van der Waals surface area contributed by atoms with Gasteiger partial charge in [-0.15, -0.1) is 0 Å². The maximum Gasteiger partial charge on any atom is 0.328 e. The number of hydrogen-bond donors (Lipinski definition) is 5. The third kappa shape index (κ3) is 15.3. The van der Waals surface area contributed by atoms with Gasteiger partial charge in [-0.1, -0.05) is 62.2 Å². The first-order valence-corrected chi connectivity index (χ1v) is 22.8. The van der Waals surface area contributed by atoms with Gasteiger partial charge in [0, 0.05) is 66.0 Å². The zero-order valence-electron chi connectivity index (χ0n) is 40.8. The number of halogens is 1. The molecule has 378 valence electrons. The molecule has 0 radical (unpaired) electrons. The van der Waals surface area contributed by atoms with E-state index < -0.39 is 96.3 Å². The number of amides is 7. The molecule has 2 aliphatic heterocycles. The lowest BCUT2D eigenvalue weighted by Gasteiger charge is -2.37. The van der Waals surface area contributed by atoms with Crippen LogP contribution in [0.1, 0.15) is 72.8 Å². The van der Waals surface area contributed by atoms with Gasteiger partial charge in [0.1, 0.15) is 29.6 Å². The molecule has 5 N–H and O–H groups in total. The van der Waals surface area contributed by atoms with Gasteiger partial charge in [-0.25, -0.2) is 4.79 Å². The number of allylic oxidation sites excluding steroid dienone is 3. The van der Waals surface area contributed by atoms with Crippen LogP contribution in [0.4, 0.5) is 0 Å². The molecule has 0 bridgehead atoms. The molecule has 2 fully saturated rings. The SMILES string of the molecule is CNC(=O)CC(OC(=O)C(C)N(C)C(=O)CNC(=O)CNC(=O)CCN1C(=O)CC(C(C)C)C1=O)C1(C)OC1C(C)C(CC(O)(NC=O)C(/C=C/C=C(\C)Cc1ccc(Cl)c(OC)c1)OC)OC. The van der Waals surface area contributed by atoms with Crippen molar-refractivity contribution in [2.45, 2.75) is 115 Å². The minimum atomic E-state index is -1.97. The quantitative estimate of drug-likeness (QED) is 0.0200. The molecule has 2 aliphatic rings. The number of rotatable bonds is 28. The molecule has 20 nitrogen and oxygen atoms in total. The average Bonchev–Trinajstić information content (AvgIpc) is 3.92. The van der Waals surface area contributed by atoms with Crippen LogP contribution in [0.15, 0.2) is 42.0 Å². The number of carbonyl (C=O) groups is 8. The number of methoxy groups -OCH3 is 3. The van der Waals surface area contributed by atoms with Crippen LogP contribution in [0.5, 0.6) is 5.75 Å². The van der Waals surface area contributed by atoms with Gasteiger partial charge in [-0.2, -0.15) is 0 Å². The molecule has 0 saturated carbocycles. The van der Waals surface area contributed by atoms with E-state index in [1.165, 1.54) is 35.2 Å². The predicted octanol–water partition coefficient (Wildman–Crippen LogP) is 1.59. The molecule has 2 heterocycles. The van der Waals surface area contributed by atoms with E-state index in [1.807, 2.05) is 39.0 Å². The number of nitrogens with zero attached hydrogens (tertiary/aromatic N) is 2. The molecule has 9 unspecified atom stereocenters. The van der Waals surface area contributed by atoms with Crippen LogP contribution < -0.4 is 26.0 Å².